The third kappa shape index (κ3) is 3.02. The van der Waals surface area contributed by atoms with E-state index in [-0.39, 0.29) is 37.0 Å². The number of fused-ring (bicyclic) bond motifs is 2. The van der Waals surface area contributed by atoms with E-state index in [1.54, 1.807) is 4.90 Å². The highest BCUT2D eigenvalue weighted by Crippen LogP contribution is 2.65. The Morgan fingerprint density at radius 1 is 1.20 bits per heavy atom. The average molecular weight is 435 g/mol. The second-order valence-electron chi connectivity index (χ2n) is 8.95. The van der Waals surface area contributed by atoms with Gasteiger partial charge in [0.2, 0.25) is 11.8 Å². The van der Waals surface area contributed by atoms with E-state index in [4.69, 9.17) is 4.74 Å². The lowest BCUT2D eigenvalue weighted by Crippen LogP contribution is -2.55. The number of thioether (sulfide) groups is 1. The van der Waals surface area contributed by atoms with Crippen molar-refractivity contribution in [2.24, 2.45) is 11.8 Å². The van der Waals surface area contributed by atoms with Gasteiger partial charge in [-0.3, -0.25) is 14.4 Å². The van der Waals surface area contributed by atoms with Crippen LogP contribution in [0.3, 0.4) is 0 Å². The average Bonchev–Trinajstić information content (AvgIpc) is 3.02. The van der Waals surface area contributed by atoms with Crippen LogP contribution in [0.2, 0.25) is 0 Å². The van der Waals surface area contributed by atoms with Gasteiger partial charge < -0.3 is 19.6 Å². The van der Waals surface area contributed by atoms with E-state index in [0.29, 0.717) is 13.2 Å². The molecule has 0 saturated carbocycles. The lowest BCUT2D eigenvalue weighted by atomic mass is 9.74. The molecule has 0 aromatic rings. The van der Waals surface area contributed by atoms with E-state index >= 15 is 0 Å². The maximum atomic E-state index is 13.7. The molecular weight excluding hydrogens is 404 g/mol. The summed E-state index contributed by atoms with van der Waals surface area (Å²) in [5, 5.41) is 9.64. The molecule has 0 bridgehead atoms. The summed E-state index contributed by atoms with van der Waals surface area (Å²) in [5.74, 6) is -2.13. The smallest absolute Gasteiger partial charge is 0.311 e. The SMILES string of the molecule is CC(C)N1CC=C[C@]23S[C@@]4(C)/C=C\CCCOC(=O)[C@H]4[C@H]2C(=O)N(CCO)C3C1=O. The van der Waals surface area contributed by atoms with E-state index in [1.165, 1.54) is 16.7 Å². The van der Waals surface area contributed by atoms with Gasteiger partial charge >= 0.3 is 5.97 Å². The number of cyclic esters (lactones) is 1. The summed E-state index contributed by atoms with van der Waals surface area (Å²) in [4.78, 5) is 43.8. The van der Waals surface area contributed by atoms with Crippen molar-refractivity contribution in [1.29, 1.82) is 0 Å². The van der Waals surface area contributed by atoms with E-state index in [2.05, 4.69) is 6.08 Å². The zero-order chi connectivity index (χ0) is 21.7. The molecule has 0 aliphatic carbocycles. The van der Waals surface area contributed by atoms with Gasteiger partial charge in [0.05, 0.1) is 29.8 Å². The number of aliphatic hydroxyl groups is 1. The highest BCUT2D eigenvalue weighted by Gasteiger charge is 2.73. The molecule has 0 radical (unpaired) electrons. The first-order chi connectivity index (χ1) is 14.3. The van der Waals surface area contributed by atoms with Crippen LogP contribution < -0.4 is 0 Å². The van der Waals surface area contributed by atoms with Gasteiger partial charge in [0, 0.05) is 23.9 Å². The minimum Gasteiger partial charge on any atom is -0.465 e. The number of amides is 2. The number of aliphatic hydroxyl groups excluding tert-OH is 1. The van der Waals surface area contributed by atoms with Crippen LogP contribution in [0.4, 0.5) is 0 Å². The Morgan fingerprint density at radius 2 is 1.97 bits per heavy atom. The molecule has 4 aliphatic rings. The van der Waals surface area contributed by atoms with Crippen molar-refractivity contribution in [3.05, 3.63) is 24.3 Å². The molecule has 2 amide bonds. The van der Waals surface area contributed by atoms with Gasteiger partial charge in [0.25, 0.3) is 0 Å². The number of nitrogens with zero attached hydrogens (tertiary/aromatic N) is 2. The number of esters is 1. The fourth-order valence-electron chi connectivity index (χ4n) is 5.46. The first-order valence-corrected chi connectivity index (χ1v) is 11.5. The van der Waals surface area contributed by atoms with Crippen LogP contribution in [0.25, 0.3) is 0 Å². The number of β-amino-alcohol motifs (C(OH)–C–C–N with tert-alkyl or cyclic N) is 1. The van der Waals surface area contributed by atoms with Crippen molar-refractivity contribution in [2.45, 2.75) is 55.2 Å². The molecule has 5 atom stereocenters. The molecule has 4 aliphatic heterocycles. The number of allylic oxidation sites excluding steroid dienone is 1. The minimum absolute atomic E-state index is 0.0218. The number of ether oxygens (including phenoxy) is 1. The van der Waals surface area contributed by atoms with Crippen LogP contribution in [0.15, 0.2) is 24.3 Å². The summed E-state index contributed by atoms with van der Waals surface area (Å²) in [5.41, 5.74) is 0. The molecule has 0 aromatic heterocycles. The Balaban J connectivity index is 1.88. The van der Waals surface area contributed by atoms with Crippen LogP contribution in [-0.2, 0) is 19.1 Å². The van der Waals surface area contributed by atoms with Gasteiger partial charge in [0.15, 0.2) is 0 Å². The Labute approximate surface area is 181 Å². The number of carbonyl (C=O) groups excluding carboxylic acids is 3. The lowest BCUT2D eigenvalue weighted by molar-refractivity contribution is -0.154. The molecule has 4 heterocycles. The summed E-state index contributed by atoms with van der Waals surface area (Å²) in [6.45, 7) is 6.51. The van der Waals surface area contributed by atoms with Crippen LogP contribution in [0, 0.1) is 11.8 Å². The van der Waals surface area contributed by atoms with Gasteiger partial charge in [-0.2, -0.15) is 0 Å². The summed E-state index contributed by atoms with van der Waals surface area (Å²) < 4.78 is 4.04. The fraction of sp³-hybridized carbons (Fsp3) is 0.682. The highest BCUT2D eigenvalue weighted by molar-refractivity contribution is 8.02. The zero-order valence-corrected chi connectivity index (χ0v) is 18.6. The second-order valence-corrected chi connectivity index (χ2v) is 10.7. The van der Waals surface area contributed by atoms with Crippen molar-refractivity contribution in [2.75, 3.05) is 26.3 Å². The molecule has 7 nitrogen and oxygen atoms in total. The summed E-state index contributed by atoms with van der Waals surface area (Å²) in [6.07, 6.45) is 9.59. The summed E-state index contributed by atoms with van der Waals surface area (Å²) in [7, 11) is 0. The third-order valence-corrected chi connectivity index (χ3v) is 8.54. The third-order valence-electron chi connectivity index (χ3n) is 6.75. The van der Waals surface area contributed by atoms with Gasteiger partial charge in [-0.25, -0.2) is 0 Å². The molecule has 8 heteroatoms. The first kappa shape index (κ1) is 21.4. The summed E-state index contributed by atoms with van der Waals surface area (Å²) >= 11 is 1.53. The fourth-order valence-corrected chi connectivity index (χ4v) is 7.62. The van der Waals surface area contributed by atoms with Crippen molar-refractivity contribution >= 4 is 29.5 Å². The van der Waals surface area contributed by atoms with E-state index in [1.807, 2.05) is 39.0 Å². The number of hydrogen-bond donors (Lipinski definition) is 1. The Bertz CT molecular complexity index is 811. The number of rotatable bonds is 3. The van der Waals surface area contributed by atoms with Gasteiger partial charge in [-0.15, -0.1) is 11.8 Å². The number of carbonyl (C=O) groups is 3. The molecule has 0 aromatic carbocycles. The minimum atomic E-state index is -0.866. The second kappa shape index (κ2) is 7.71. The Kier molecular flexibility index (Phi) is 5.51. The van der Waals surface area contributed by atoms with Gasteiger partial charge in [0.1, 0.15) is 6.04 Å². The van der Waals surface area contributed by atoms with Crippen molar-refractivity contribution in [1.82, 2.24) is 9.80 Å². The lowest BCUT2D eigenvalue weighted by Gasteiger charge is -2.37. The predicted molar refractivity (Wildman–Crippen MR) is 114 cm³/mol. The zero-order valence-electron chi connectivity index (χ0n) is 17.7. The molecule has 1 spiro atoms. The van der Waals surface area contributed by atoms with Crippen molar-refractivity contribution in [3.8, 4) is 0 Å². The largest absolute Gasteiger partial charge is 0.465 e. The van der Waals surface area contributed by atoms with Crippen molar-refractivity contribution < 1.29 is 24.2 Å². The Hall–Kier alpha value is -1.80. The van der Waals surface area contributed by atoms with E-state index in [9.17, 15) is 19.5 Å². The van der Waals surface area contributed by atoms with Crippen LogP contribution >= 0.6 is 11.8 Å². The number of hydrogen-bond acceptors (Lipinski definition) is 6. The van der Waals surface area contributed by atoms with Crippen molar-refractivity contribution in [3.63, 3.8) is 0 Å². The predicted octanol–water partition coefficient (Wildman–Crippen LogP) is 1.37. The highest BCUT2D eigenvalue weighted by atomic mass is 32.2. The van der Waals surface area contributed by atoms with Gasteiger partial charge in [-0.1, -0.05) is 24.3 Å². The maximum Gasteiger partial charge on any atom is 0.311 e. The topological polar surface area (TPSA) is 87.2 Å². The van der Waals surface area contributed by atoms with E-state index in [0.717, 1.165) is 12.8 Å². The number of likely N-dealkylation sites (tertiary alicyclic amines) is 1. The summed E-state index contributed by atoms with van der Waals surface area (Å²) in [6, 6.07) is -0.770. The molecule has 4 rings (SSSR count). The van der Waals surface area contributed by atoms with Crippen LogP contribution in [0.1, 0.15) is 33.6 Å². The van der Waals surface area contributed by atoms with Crippen LogP contribution in [-0.4, -0.2) is 80.6 Å². The van der Waals surface area contributed by atoms with Crippen LogP contribution in [0.5, 0.6) is 0 Å². The first-order valence-electron chi connectivity index (χ1n) is 10.7. The molecule has 2 fully saturated rings. The molecule has 1 unspecified atom stereocenters. The maximum absolute atomic E-state index is 13.7. The molecular formula is C22H30N2O5S. The Morgan fingerprint density at radius 3 is 2.67 bits per heavy atom. The molecule has 2 saturated heterocycles. The quantitative estimate of drug-likeness (QED) is 0.533. The molecule has 1 N–H and O–H groups in total. The molecule has 164 valence electrons. The van der Waals surface area contributed by atoms with E-state index < -0.39 is 27.4 Å². The normalized spacial score (nSPS) is 39.6. The molecule has 30 heavy (non-hydrogen) atoms. The monoisotopic (exact) mass is 434 g/mol. The standard InChI is InChI=1S/C22H30N2O5S/c1-14(2)23-10-7-9-22-15(18(26)24(11-12-25)17(22)19(23)27)16-20(28)29-13-6-4-5-8-21(16,3)30-22/h5,7-9,14-17,25H,4,6,10-13H2,1-3H3/b8-5-/t15-,16+,17?,21-,22-/m0/s1. The van der Waals surface area contributed by atoms with Gasteiger partial charge in [-0.05, 0) is 33.6 Å².